The maximum atomic E-state index is 12.7. The van der Waals surface area contributed by atoms with E-state index in [4.69, 9.17) is 25.5 Å². The number of halogens is 1. The number of hydrogen-bond donors (Lipinski definition) is 5. The Balaban J connectivity index is 2.76. The Bertz CT molecular complexity index is 107. The third-order valence-corrected chi connectivity index (χ3v) is 2.05. The summed E-state index contributed by atoms with van der Waals surface area (Å²) in [7, 11) is 0. The molecule has 0 aromatic rings. The topological polar surface area (TPSA) is 101 Å². The first-order valence-corrected chi connectivity index (χ1v) is 3.51. The second-order valence-corrected chi connectivity index (χ2v) is 2.90. The Hall–Kier alpha value is -0.270. The van der Waals surface area contributed by atoms with Gasteiger partial charge in [0.25, 0.3) is 0 Å². The molecule has 1 aliphatic rings. The molecule has 12 heavy (non-hydrogen) atoms. The van der Waals surface area contributed by atoms with Crippen LogP contribution in [0.1, 0.15) is 0 Å². The first kappa shape index (κ1) is 9.82. The van der Waals surface area contributed by atoms with E-state index in [1.165, 1.54) is 0 Å². The average Bonchev–Trinajstić information content (AvgIpc) is 2.08. The maximum Gasteiger partial charge on any atom is 0.157 e. The van der Waals surface area contributed by atoms with Crippen molar-refractivity contribution in [2.75, 3.05) is 0 Å². The van der Waals surface area contributed by atoms with Crippen LogP contribution in [-0.4, -0.2) is 62.2 Å². The van der Waals surface area contributed by atoms with Crippen molar-refractivity contribution in [1.29, 1.82) is 0 Å². The Labute approximate surface area is 67.7 Å². The fourth-order valence-corrected chi connectivity index (χ4v) is 1.18. The second-order valence-electron chi connectivity index (χ2n) is 2.90. The molecule has 1 rings (SSSR count). The fraction of sp³-hybridized carbons (Fsp3) is 1.00. The molecule has 0 amide bonds. The summed E-state index contributed by atoms with van der Waals surface area (Å²) in [6, 6.07) is 0. The van der Waals surface area contributed by atoms with Gasteiger partial charge in [0.15, 0.2) is 6.17 Å². The monoisotopic (exact) mass is 182 g/mol. The summed E-state index contributed by atoms with van der Waals surface area (Å²) < 4.78 is 12.7. The summed E-state index contributed by atoms with van der Waals surface area (Å²) in [6.45, 7) is 0. The summed E-state index contributed by atoms with van der Waals surface area (Å²) in [5.74, 6) is 0. The van der Waals surface area contributed by atoms with Gasteiger partial charge in [-0.1, -0.05) is 0 Å². The molecule has 0 heterocycles. The summed E-state index contributed by atoms with van der Waals surface area (Å²) in [5, 5.41) is 44.4. The Kier molecular flexibility index (Phi) is 2.64. The van der Waals surface area contributed by atoms with E-state index in [1.807, 2.05) is 0 Å². The third kappa shape index (κ3) is 1.32. The maximum absolute atomic E-state index is 12.7. The third-order valence-electron chi connectivity index (χ3n) is 2.05. The molecular formula is C6H11FO5. The summed E-state index contributed by atoms with van der Waals surface area (Å²) >= 11 is 0. The van der Waals surface area contributed by atoms with Crippen molar-refractivity contribution in [3.8, 4) is 0 Å². The van der Waals surface area contributed by atoms with Crippen molar-refractivity contribution >= 4 is 0 Å². The van der Waals surface area contributed by atoms with Gasteiger partial charge in [0.05, 0.1) is 0 Å². The van der Waals surface area contributed by atoms with Gasteiger partial charge in [0.1, 0.15) is 30.5 Å². The lowest BCUT2D eigenvalue weighted by Crippen LogP contribution is -2.62. The van der Waals surface area contributed by atoms with Crippen molar-refractivity contribution in [2.45, 2.75) is 36.7 Å². The van der Waals surface area contributed by atoms with Crippen molar-refractivity contribution in [1.82, 2.24) is 0 Å². The minimum absolute atomic E-state index is 1.72. The van der Waals surface area contributed by atoms with E-state index >= 15 is 0 Å². The molecule has 4 atom stereocenters. The first-order chi connectivity index (χ1) is 5.46. The number of aliphatic hydroxyl groups is 5. The van der Waals surface area contributed by atoms with Crippen LogP contribution in [0, 0.1) is 0 Å². The number of alkyl halides is 1. The van der Waals surface area contributed by atoms with Gasteiger partial charge < -0.3 is 25.5 Å². The Morgan fingerprint density at radius 2 is 0.833 bits per heavy atom. The first-order valence-electron chi connectivity index (χ1n) is 3.51. The quantitative estimate of drug-likeness (QED) is 0.277. The number of aliphatic hydroxyl groups excluding tert-OH is 5. The van der Waals surface area contributed by atoms with Gasteiger partial charge in [-0.25, -0.2) is 4.39 Å². The van der Waals surface area contributed by atoms with Crippen molar-refractivity contribution in [3.63, 3.8) is 0 Å². The molecule has 0 unspecified atom stereocenters. The van der Waals surface area contributed by atoms with Crippen LogP contribution in [0.4, 0.5) is 4.39 Å². The molecule has 5 N–H and O–H groups in total. The highest BCUT2D eigenvalue weighted by Gasteiger charge is 2.48. The van der Waals surface area contributed by atoms with Crippen LogP contribution < -0.4 is 0 Å². The van der Waals surface area contributed by atoms with Crippen LogP contribution >= 0.6 is 0 Å². The highest BCUT2D eigenvalue weighted by atomic mass is 19.1. The van der Waals surface area contributed by atoms with E-state index in [0.29, 0.717) is 0 Å². The molecule has 1 fully saturated rings. The van der Waals surface area contributed by atoms with Gasteiger partial charge in [-0.15, -0.1) is 0 Å². The van der Waals surface area contributed by atoms with Crippen LogP contribution in [0.5, 0.6) is 0 Å². The number of hydrogen-bond acceptors (Lipinski definition) is 5. The molecule has 1 aliphatic carbocycles. The summed E-state index contributed by atoms with van der Waals surface area (Å²) in [5.41, 5.74) is 0. The average molecular weight is 182 g/mol. The molecule has 0 bridgehead atoms. The predicted molar refractivity (Wildman–Crippen MR) is 34.9 cm³/mol. The van der Waals surface area contributed by atoms with E-state index in [1.54, 1.807) is 0 Å². The zero-order valence-corrected chi connectivity index (χ0v) is 6.08. The van der Waals surface area contributed by atoms with Gasteiger partial charge in [-0.3, -0.25) is 0 Å². The molecule has 0 aromatic carbocycles. The fourth-order valence-electron chi connectivity index (χ4n) is 1.18. The molecule has 5 nitrogen and oxygen atoms in total. The van der Waals surface area contributed by atoms with Gasteiger partial charge >= 0.3 is 0 Å². The molecule has 0 saturated heterocycles. The lowest BCUT2D eigenvalue weighted by molar-refractivity contribution is -0.206. The van der Waals surface area contributed by atoms with E-state index in [9.17, 15) is 4.39 Å². The van der Waals surface area contributed by atoms with Gasteiger partial charge in [-0.2, -0.15) is 0 Å². The molecular weight excluding hydrogens is 171 g/mol. The molecule has 0 radical (unpaired) electrons. The SMILES string of the molecule is OC1[C@@H](O)[C@@H](O)C(F)[C@H](O)[C@@H]1O. The van der Waals surface area contributed by atoms with Crippen molar-refractivity contribution in [2.24, 2.45) is 0 Å². The van der Waals surface area contributed by atoms with Crippen LogP contribution in [0.2, 0.25) is 0 Å². The second kappa shape index (κ2) is 3.23. The molecule has 0 aliphatic heterocycles. The largest absolute Gasteiger partial charge is 0.387 e. The Morgan fingerprint density at radius 3 is 1.17 bits per heavy atom. The normalized spacial score (nSPS) is 55.5. The van der Waals surface area contributed by atoms with Crippen LogP contribution in [0.3, 0.4) is 0 Å². The van der Waals surface area contributed by atoms with Crippen molar-refractivity contribution in [3.05, 3.63) is 0 Å². The highest BCUT2D eigenvalue weighted by molar-refractivity contribution is 4.98. The summed E-state index contributed by atoms with van der Waals surface area (Å²) in [4.78, 5) is 0. The van der Waals surface area contributed by atoms with Crippen LogP contribution in [0.15, 0.2) is 0 Å². The molecule has 6 heteroatoms. The van der Waals surface area contributed by atoms with Gasteiger partial charge in [0, 0.05) is 0 Å². The lowest BCUT2D eigenvalue weighted by atomic mass is 9.86. The zero-order valence-electron chi connectivity index (χ0n) is 6.08. The van der Waals surface area contributed by atoms with Crippen molar-refractivity contribution < 1.29 is 29.9 Å². The molecule has 1 saturated carbocycles. The highest BCUT2D eigenvalue weighted by Crippen LogP contribution is 2.23. The van der Waals surface area contributed by atoms with E-state index in [0.717, 1.165) is 0 Å². The minimum atomic E-state index is -2.14. The Morgan fingerprint density at radius 1 is 0.583 bits per heavy atom. The molecule has 0 aromatic heterocycles. The summed E-state index contributed by atoms with van der Waals surface area (Å²) in [6.07, 6.45) is -11.1. The van der Waals surface area contributed by atoms with Crippen LogP contribution in [-0.2, 0) is 0 Å². The lowest BCUT2D eigenvalue weighted by Gasteiger charge is -2.38. The van der Waals surface area contributed by atoms with Gasteiger partial charge in [0.2, 0.25) is 0 Å². The van der Waals surface area contributed by atoms with Gasteiger partial charge in [-0.05, 0) is 0 Å². The van der Waals surface area contributed by atoms with Crippen LogP contribution in [0.25, 0.3) is 0 Å². The minimum Gasteiger partial charge on any atom is -0.387 e. The van der Waals surface area contributed by atoms with E-state index in [-0.39, 0.29) is 0 Å². The molecule has 72 valence electrons. The van der Waals surface area contributed by atoms with E-state index in [2.05, 4.69) is 0 Å². The smallest absolute Gasteiger partial charge is 0.157 e. The standard InChI is InChI=1S/C6H11FO5/c7-1-2(8)4(10)6(12)5(11)3(1)9/h1-6,8-12H/t1?,2-,3-,4-,5-,6?/m0/s1. The zero-order chi connectivity index (χ0) is 9.46. The predicted octanol–water partition coefficient (Wildman–Crippen LogP) is -2.86. The number of rotatable bonds is 0. The molecule has 0 spiro atoms. The van der Waals surface area contributed by atoms with E-state index < -0.39 is 36.7 Å².